The van der Waals surface area contributed by atoms with Crippen LogP contribution in [0.15, 0.2) is 36.4 Å². The molecule has 98 valence electrons. The Hall–Kier alpha value is -2.76. The Morgan fingerprint density at radius 1 is 1.11 bits per heavy atom. The van der Waals surface area contributed by atoms with E-state index in [0.29, 0.717) is 0 Å². The number of carbonyl (C=O) groups is 1. The summed E-state index contributed by atoms with van der Waals surface area (Å²) in [5, 5.41) is 21.0. The largest absolute Gasteiger partial charge is 0.508 e. The maximum absolute atomic E-state index is 13.2. The average molecular weight is 262 g/mol. The van der Waals surface area contributed by atoms with E-state index in [4.69, 9.17) is 5.73 Å². The van der Waals surface area contributed by atoms with Crippen LogP contribution in [0.4, 0.5) is 15.8 Å². The van der Waals surface area contributed by atoms with E-state index in [-0.39, 0.29) is 28.4 Å². The van der Waals surface area contributed by atoms with Gasteiger partial charge in [0.2, 0.25) is 0 Å². The normalized spacial score (nSPS) is 10.2. The molecular formula is C13H11FN2O3. The number of phenolic OH excluding ortho intramolecular Hbond substituents is 2. The Morgan fingerprint density at radius 3 is 2.32 bits per heavy atom. The third-order valence-corrected chi connectivity index (χ3v) is 2.42. The minimum Gasteiger partial charge on any atom is -0.508 e. The Balaban J connectivity index is 2.22. The van der Waals surface area contributed by atoms with E-state index in [1.165, 1.54) is 24.3 Å². The van der Waals surface area contributed by atoms with Crippen LogP contribution in [0.5, 0.6) is 11.5 Å². The molecule has 0 heterocycles. The first-order chi connectivity index (χ1) is 8.95. The second-order valence-electron chi connectivity index (χ2n) is 3.93. The van der Waals surface area contributed by atoms with Gasteiger partial charge in [-0.15, -0.1) is 0 Å². The van der Waals surface area contributed by atoms with Gasteiger partial charge < -0.3 is 21.3 Å². The van der Waals surface area contributed by atoms with Gasteiger partial charge in [0, 0.05) is 17.3 Å². The molecule has 19 heavy (non-hydrogen) atoms. The van der Waals surface area contributed by atoms with Crippen LogP contribution in [0.3, 0.4) is 0 Å². The zero-order valence-electron chi connectivity index (χ0n) is 9.72. The minimum absolute atomic E-state index is 0.0204. The number of aromatic hydroxyl groups is 2. The Kier molecular flexibility index (Phi) is 3.24. The van der Waals surface area contributed by atoms with Crippen LogP contribution in [0.2, 0.25) is 0 Å². The smallest absolute Gasteiger partial charge is 0.255 e. The number of nitrogen functional groups attached to an aromatic ring is 1. The number of phenols is 2. The van der Waals surface area contributed by atoms with Gasteiger partial charge >= 0.3 is 0 Å². The van der Waals surface area contributed by atoms with Crippen LogP contribution < -0.4 is 11.1 Å². The standard InChI is InChI=1S/C13H11FN2O3/c14-11-5-8(1-2-12(11)15)16-13(19)7-3-9(17)6-10(18)4-7/h1-6,17-18H,15H2,(H,16,19). The predicted molar refractivity (Wildman–Crippen MR) is 68.5 cm³/mol. The lowest BCUT2D eigenvalue weighted by Gasteiger charge is -2.07. The van der Waals surface area contributed by atoms with E-state index in [1.54, 1.807) is 0 Å². The zero-order valence-corrected chi connectivity index (χ0v) is 9.72. The van der Waals surface area contributed by atoms with E-state index >= 15 is 0 Å². The molecular weight excluding hydrogens is 251 g/mol. The first kappa shape index (κ1) is 12.7. The molecule has 0 saturated heterocycles. The lowest BCUT2D eigenvalue weighted by molar-refractivity contribution is 0.102. The summed E-state index contributed by atoms with van der Waals surface area (Å²) in [5.74, 6) is -1.71. The van der Waals surface area contributed by atoms with Crippen molar-refractivity contribution in [3.63, 3.8) is 0 Å². The molecule has 0 saturated carbocycles. The second-order valence-corrected chi connectivity index (χ2v) is 3.93. The summed E-state index contributed by atoms with van der Waals surface area (Å²) < 4.78 is 13.2. The second kappa shape index (κ2) is 4.85. The molecule has 0 aliphatic carbocycles. The summed E-state index contributed by atoms with van der Waals surface area (Å²) >= 11 is 0. The third kappa shape index (κ3) is 2.92. The SMILES string of the molecule is Nc1ccc(NC(=O)c2cc(O)cc(O)c2)cc1F. The van der Waals surface area contributed by atoms with Crippen LogP contribution in [0.1, 0.15) is 10.4 Å². The molecule has 5 N–H and O–H groups in total. The highest BCUT2D eigenvalue weighted by atomic mass is 19.1. The fourth-order valence-corrected chi connectivity index (χ4v) is 1.53. The van der Waals surface area contributed by atoms with E-state index in [9.17, 15) is 19.4 Å². The molecule has 0 radical (unpaired) electrons. The van der Waals surface area contributed by atoms with Crippen molar-refractivity contribution in [1.82, 2.24) is 0 Å². The van der Waals surface area contributed by atoms with Gasteiger partial charge in [-0.05, 0) is 30.3 Å². The quantitative estimate of drug-likeness (QED) is 0.623. The Labute approximate surface area is 108 Å². The van der Waals surface area contributed by atoms with Crippen molar-refractivity contribution in [3.8, 4) is 11.5 Å². The lowest BCUT2D eigenvalue weighted by Crippen LogP contribution is -2.12. The number of anilines is 2. The molecule has 0 atom stereocenters. The van der Waals surface area contributed by atoms with Gasteiger partial charge in [-0.2, -0.15) is 0 Å². The van der Waals surface area contributed by atoms with Crippen molar-refractivity contribution in [1.29, 1.82) is 0 Å². The minimum atomic E-state index is -0.642. The van der Waals surface area contributed by atoms with Crippen LogP contribution in [-0.2, 0) is 0 Å². The van der Waals surface area contributed by atoms with Crippen molar-refractivity contribution >= 4 is 17.3 Å². The van der Waals surface area contributed by atoms with Crippen LogP contribution in [-0.4, -0.2) is 16.1 Å². The molecule has 2 rings (SSSR count). The summed E-state index contributed by atoms with van der Waals surface area (Å²) in [4.78, 5) is 11.8. The van der Waals surface area contributed by atoms with Crippen LogP contribution in [0.25, 0.3) is 0 Å². The summed E-state index contributed by atoms with van der Waals surface area (Å²) in [6.45, 7) is 0. The predicted octanol–water partition coefficient (Wildman–Crippen LogP) is 2.07. The van der Waals surface area contributed by atoms with Gasteiger partial charge in [-0.25, -0.2) is 4.39 Å². The molecule has 6 heteroatoms. The zero-order chi connectivity index (χ0) is 14.0. The Morgan fingerprint density at radius 2 is 1.74 bits per heavy atom. The van der Waals surface area contributed by atoms with Gasteiger partial charge in [-0.3, -0.25) is 4.79 Å². The number of nitrogens with one attached hydrogen (secondary N) is 1. The first-order valence-corrected chi connectivity index (χ1v) is 5.35. The van der Waals surface area contributed by atoms with Gasteiger partial charge in [-0.1, -0.05) is 0 Å². The number of halogens is 1. The summed E-state index contributed by atoms with van der Waals surface area (Å²) in [7, 11) is 0. The molecule has 0 fully saturated rings. The molecule has 0 aliphatic heterocycles. The Bertz CT molecular complexity index is 624. The van der Waals surface area contributed by atoms with Gasteiger partial charge in [0.25, 0.3) is 5.91 Å². The van der Waals surface area contributed by atoms with Crippen molar-refractivity contribution in [3.05, 3.63) is 47.8 Å². The highest BCUT2D eigenvalue weighted by molar-refractivity contribution is 6.04. The summed E-state index contributed by atoms with van der Waals surface area (Å²) in [5.41, 5.74) is 5.57. The highest BCUT2D eigenvalue weighted by Gasteiger charge is 2.10. The lowest BCUT2D eigenvalue weighted by atomic mass is 10.2. The molecule has 2 aromatic carbocycles. The third-order valence-electron chi connectivity index (χ3n) is 2.42. The molecule has 0 unspecified atom stereocenters. The molecule has 0 aromatic heterocycles. The number of carbonyl (C=O) groups excluding carboxylic acids is 1. The van der Waals surface area contributed by atoms with E-state index < -0.39 is 11.7 Å². The van der Waals surface area contributed by atoms with E-state index in [0.717, 1.165) is 12.1 Å². The molecule has 0 spiro atoms. The maximum Gasteiger partial charge on any atom is 0.255 e. The van der Waals surface area contributed by atoms with Crippen molar-refractivity contribution in [2.24, 2.45) is 0 Å². The molecule has 0 aliphatic rings. The van der Waals surface area contributed by atoms with E-state index in [1.807, 2.05) is 0 Å². The van der Waals surface area contributed by atoms with Crippen molar-refractivity contribution in [2.45, 2.75) is 0 Å². The highest BCUT2D eigenvalue weighted by Crippen LogP contribution is 2.22. The number of hydrogen-bond donors (Lipinski definition) is 4. The topological polar surface area (TPSA) is 95.6 Å². The summed E-state index contributed by atoms with van der Waals surface area (Å²) in [6.07, 6.45) is 0. The number of amides is 1. The van der Waals surface area contributed by atoms with Crippen LogP contribution >= 0.6 is 0 Å². The van der Waals surface area contributed by atoms with Gasteiger partial charge in [0.1, 0.15) is 17.3 Å². The number of nitrogens with two attached hydrogens (primary N) is 1. The molecule has 0 bridgehead atoms. The molecule has 1 amide bonds. The first-order valence-electron chi connectivity index (χ1n) is 5.35. The van der Waals surface area contributed by atoms with Gasteiger partial charge in [0.15, 0.2) is 0 Å². The monoisotopic (exact) mass is 262 g/mol. The van der Waals surface area contributed by atoms with Crippen molar-refractivity contribution < 1.29 is 19.4 Å². The fraction of sp³-hybridized carbons (Fsp3) is 0. The number of hydrogen-bond acceptors (Lipinski definition) is 4. The number of rotatable bonds is 2. The molecule has 2 aromatic rings. The van der Waals surface area contributed by atoms with Gasteiger partial charge in [0.05, 0.1) is 5.69 Å². The van der Waals surface area contributed by atoms with Crippen LogP contribution in [0, 0.1) is 5.82 Å². The van der Waals surface area contributed by atoms with E-state index in [2.05, 4.69) is 5.32 Å². The van der Waals surface area contributed by atoms with Crippen molar-refractivity contribution in [2.75, 3.05) is 11.1 Å². The molecule has 5 nitrogen and oxygen atoms in total. The number of benzene rings is 2. The fourth-order valence-electron chi connectivity index (χ4n) is 1.53. The maximum atomic E-state index is 13.2. The average Bonchev–Trinajstić information content (AvgIpc) is 2.32. The summed E-state index contributed by atoms with van der Waals surface area (Å²) in [6, 6.07) is 7.31.